The minimum absolute atomic E-state index is 0. The van der Waals surface area contributed by atoms with Gasteiger partial charge in [0.05, 0.1) is 53.7 Å². The number of ether oxygens (including phenoxy) is 21. The quantitative estimate of drug-likeness (QED) is 0.00853. The normalized spacial score (nSPS) is 9.24. The first-order chi connectivity index (χ1) is 65.2. The summed E-state index contributed by atoms with van der Waals surface area (Å²) in [5.74, 6) is -9.22. The van der Waals surface area contributed by atoms with Crippen LogP contribution in [0.4, 0.5) is 0 Å². The maximum absolute atomic E-state index is 13.1. The Bertz CT molecular complexity index is 5680. The molecule has 0 fully saturated rings. The van der Waals surface area contributed by atoms with Crippen molar-refractivity contribution in [2.75, 3.05) is 61.1 Å². The highest BCUT2D eigenvalue weighted by Crippen LogP contribution is 2.33. The highest BCUT2D eigenvalue weighted by molar-refractivity contribution is 6.01. The first-order valence-corrected chi connectivity index (χ1v) is 40.5. The molecule has 9 aromatic rings. The zero-order valence-corrected chi connectivity index (χ0v) is 73.1. The van der Waals surface area contributed by atoms with Gasteiger partial charge in [0, 0.05) is 36.5 Å². The Balaban J connectivity index is -0.000000488. The molecule has 0 N–H and O–H groups in total. The lowest BCUT2D eigenvalue weighted by Gasteiger charge is -2.13. The third-order valence-electron chi connectivity index (χ3n) is 17.3. The molecule has 798 valence electrons. The lowest BCUT2D eigenvalue weighted by molar-refractivity contribution is -0.145. The van der Waals surface area contributed by atoms with Crippen LogP contribution < -0.4 is 56.8 Å². The van der Waals surface area contributed by atoms with E-state index in [1.807, 2.05) is 6.92 Å². The van der Waals surface area contributed by atoms with E-state index in [0.717, 1.165) is 75.7 Å². The van der Waals surface area contributed by atoms with Crippen LogP contribution >= 0.6 is 0 Å². The van der Waals surface area contributed by atoms with Crippen LogP contribution in [0.15, 0.2) is 276 Å². The molecular formula is C111H138O36. The molecule has 0 saturated heterocycles. The van der Waals surface area contributed by atoms with Gasteiger partial charge < -0.3 is 99.5 Å². The Kier molecular flexibility index (Phi) is 72.4. The molecule has 9 aromatic carbocycles. The smallest absolute Gasteiger partial charge is 0.343 e. The minimum atomic E-state index is -0.841. The van der Waals surface area contributed by atoms with E-state index in [9.17, 15) is 71.9 Å². The summed E-state index contributed by atoms with van der Waals surface area (Å²) in [4.78, 5) is 182. The maximum Gasteiger partial charge on any atom is 0.343 e. The summed E-state index contributed by atoms with van der Waals surface area (Å²) in [7, 11) is 1.14. The standard InChI is InChI=1S/C35H34O12.C34H32O12.C30H24O12.12CH4/c1-4-7-8-9-20-41-35(40)29-21-28(46-33(38)24-10-14-26(15-11-24)42-22-44-31(36)5-2)18-19-30(29)47-34(39)25-12-16-27(17-13-25)43-23-45-32(37)6-3;1-4-7-8-19-40-34(39)28-20-27(45-32(37)23-9-13-25(14-10-23)41-21-43-30(35)5-2)17-18-29(28)46-33(38)24-11-15-26(16-12-24)42-22-44-31(36)6-3;1-4-26(31)39-17-37-21-10-6-19(7-11-21)28(33)41-23-14-15-25(24(16-23)30(35)36-3)42-29(34)20-8-12-22(13-9-20)38-18-40-27(32)5-2;;;;;;;;;;;;/h5-6,10-19,21H,2-4,7-9,20,22-23H2,1H3;5-6,9-18,20H,2-4,7-8,19,21-22H2,1H3;4-16H,1-2,17-18H2,3H3;12*1H4. The van der Waals surface area contributed by atoms with Crippen molar-refractivity contribution < 1.29 is 171 Å². The second kappa shape index (κ2) is 76.1. The van der Waals surface area contributed by atoms with E-state index in [1.165, 1.54) is 200 Å². The number of carbonyl (C=O) groups is 15. The van der Waals surface area contributed by atoms with E-state index < -0.39 is 89.5 Å². The number of benzene rings is 9. The number of unbranched alkanes of at least 4 members (excludes halogenated alkanes) is 5. The molecule has 0 heterocycles. The number of hydrogen-bond acceptors (Lipinski definition) is 36. The van der Waals surface area contributed by atoms with E-state index in [2.05, 4.69) is 46.4 Å². The largest absolute Gasteiger partial charge is 0.465 e. The van der Waals surface area contributed by atoms with Crippen molar-refractivity contribution in [3.05, 3.63) is 326 Å². The fourth-order valence-corrected chi connectivity index (χ4v) is 10.3. The molecule has 36 heteroatoms. The number of esters is 15. The van der Waals surface area contributed by atoms with Crippen LogP contribution in [0, 0.1) is 0 Å². The average Bonchev–Trinajstić information content (AvgIpc) is 0.823. The molecule has 36 nitrogen and oxygen atoms in total. The Morgan fingerprint density at radius 3 is 0.578 bits per heavy atom. The first kappa shape index (κ1) is 140. The molecule has 0 aliphatic heterocycles. The Labute approximate surface area is 860 Å². The van der Waals surface area contributed by atoms with Crippen molar-refractivity contribution >= 4 is 89.5 Å². The molecule has 0 spiro atoms. The van der Waals surface area contributed by atoms with Crippen LogP contribution in [-0.2, 0) is 71.4 Å². The third kappa shape index (κ3) is 49.0. The molecule has 0 unspecified atom stereocenters. The minimum Gasteiger partial charge on any atom is -0.465 e. The molecule has 0 aliphatic carbocycles. The molecule has 0 atom stereocenters. The first-order valence-electron chi connectivity index (χ1n) is 40.5. The van der Waals surface area contributed by atoms with Gasteiger partial charge in [-0.15, -0.1) is 0 Å². The Morgan fingerprint density at radius 1 is 0.211 bits per heavy atom. The fraction of sp³-hybridized carbons (Fsp3) is 0.270. The van der Waals surface area contributed by atoms with Gasteiger partial charge in [0.2, 0.25) is 40.8 Å². The molecule has 0 aliphatic rings. The van der Waals surface area contributed by atoms with Gasteiger partial charge in [-0.1, -0.05) is 175 Å². The van der Waals surface area contributed by atoms with Crippen LogP contribution in [0.2, 0.25) is 0 Å². The van der Waals surface area contributed by atoms with E-state index in [0.29, 0.717) is 47.3 Å². The third-order valence-corrected chi connectivity index (χ3v) is 17.3. The molecule has 0 amide bonds. The summed E-state index contributed by atoms with van der Waals surface area (Å²) in [6.45, 7) is 22.0. The summed E-state index contributed by atoms with van der Waals surface area (Å²) in [5.41, 5.74) is 0.481. The molecule has 0 radical (unpaired) electrons. The highest BCUT2D eigenvalue weighted by atomic mass is 16.7. The van der Waals surface area contributed by atoms with Crippen LogP contribution in [0.25, 0.3) is 0 Å². The number of hydrogen-bond donors (Lipinski definition) is 0. The summed E-state index contributed by atoms with van der Waals surface area (Å²) in [6.07, 6.45) is 11.9. The predicted octanol–water partition coefficient (Wildman–Crippen LogP) is 23.3. The summed E-state index contributed by atoms with van der Waals surface area (Å²) in [6, 6.07) is 46.5. The Hall–Kier alpha value is -17.7. The van der Waals surface area contributed by atoms with E-state index in [1.54, 1.807) is 0 Å². The van der Waals surface area contributed by atoms with Crippen LogP contribution in [0.3, 0.4) is 0 Å². The molecule has 0 aromatic heterocycles. The topological polar surface area (TPSA) is 450 Å². The molecule has 9 rings (SSSR count). The summed E-state index contributed by atoms with van der Waals surface area (Å²) >= 11 is 0. The van der Waals surface area contributed by atoms with Crippen molar-refractivity contribution in [3.8, 4) is 69.0 Å². The lowest BCUT2D eigenvalue weighted by atomic mass is 10.1. The highest BCUT2D eigenvalue weighted by Gasteiger charge is 2.26. The fourth-order valence-electron chi connectivity index (χ4n) is 10.3. The molecule has 0 bridgehead atoms. The van der Waals surface area contributed by atoms with Gasteiger partial charge in [-0.05, 0) is 213 Å². The molecular weight excluding hydrogens is 1910 g/mol. The SMILES string of the molecule is C.C.C.C.C.C.C.C.C.C.C.C.C=CC(=O)OCOc1ccc(C(=O)Oc2ccc(OC(=O)c3ccc(OCOC(=O)C=C)cc3)c(C(=O)OC)c2)cc1.C=CC(=O)OCOc1ccc(C(=O)Oc2ccc(OC(=O)c3ccc(OCOC(=O)C=C)cc3)c(C(=O)OCCCCC)c2)cc1.C=CC(=O)OCOc1ccc(C(=O)Oc2ccc(OC(=O)c3ccc(OCOC(=O)C=C)cc3)c(C(=O)OCCCCCC)c2)cc1. The molecule has 0 saturated carbocycles. The number of carbonyl (C=O) groups excluding carboxylic acids is 15. The van der Waals surface area contributed by atoms with Gasteiger partial charge >= 0.3 is 89.5 Å². The van der Waals surface area contributed by atoms with Crippen LogP contribution in [-0.4, -0.2) is 151 Å². The maximum atomic E-state index is 13.1. The van der Waals surface area contributed by atoms with Crippen molar-refractivity contribution in [1.29, 1.82) is 0 Å². The lowest BCUT2D eigenvalue weighted by Crippen LogP contribution is -2.15. The van der Waals surface area contributed by atoms with E-state index in [-0.39, 0.29) is 228 Å². The van der Waals surface area contributed by atoms with Gasteiger partial charge in [0.1, 0.15) is 85.7 Å². The van der Waals surface area contributed by atoms with E-state index in [4.69, 9.17) is 99.5 Å². The van der Waals surface area contributed by atoms with Gasteiger partial charge in [-0.2, -0.15) is 0 Å². The van der Waals surface area contributed by atoms with Crippen LogP contribution in [0.1, 0.15) is 241 Å². The second-order valence-electron chi connectivity index (χ2n) is 26.6. The van der Waals surface area contributed by atoms with Gasteiger partial charge in [0.15, 0.2) is 0 Å². The van der Waals surface area contributed by atoms with Gasteiger partial charge in [0.25, 0.3) is 0 Å². The van der Waals surface area contributed by atoms with Crippen LogP contribution in [0.5, 0.6) is 69.0 Å². The monoisotopic (exact) mass is 2050 g/mol. The average molecular weight is 2050 g/mol. The number of rotatable bonds is 48. The summed E-state index contributed by atoms with van der Waals surface area (Å²) in [5, 5.41) is 0. The van der Waals surface area contributed by atoms with Gasteiger partial charge in [-0.3, -0.25) is 0 Å². The van der Waals surface area contributed by atoms with Crippen molar-refractivity contribution in [3.63, 3.8) is 0 Å². The molecule has 147 heavy (non-hydrogen) atoms. The second-order valence-corrected chi connectivity index (χ2v) is 26.6. The number of methoxy groups -OCH3 is 1. The van der Waals surface area contributed by atoms with E-state index >= 15 is 0 Å². The van der Waals surface area contributed by atoms with Crippen molar-refractivity contribution in [1.82, 2.24) is 0 Å². The van der Waals surface area contributed by atoms with Gasteiger partial charge in [-0.25, -0.2) is 71.9 Å². The zero-order chi connectivity index (χ0) is 97.8. The van der Waals surface area contributed by atoms with Crippen molar-refractivity contribution in [2.45, 2.75) is 148 Å². The zero-order valence-electron chi connectivity index (χ0n) is 73.1. The Morgan fingerprint density at radius 2 is 0.388 bits per heavy atom. The predicted molar refractivity (Wildman–Crippen MR) is 555 cm³/mol. The summed E-state index contributed by atoms with van der Waals surface area (Å²) < 4.78 is 108. The van der Waals surface area contributed by atoms with Crippen molar-refractivity contribution in [2.24, 2.45) is 0 Å².